The highest BCUT2D eigenvalue weighted by Crippen LogP contribution is 2.35. The second-order valence-corrected chi connectivity index (χ2v) is 9.05. The number of carbonyl (C=O) groups excluding carboxylic acids is 1. The van der Waals surface area contributed by atoms with Gasteiger partial charge in [-0.1, -0.05) is 65.1 Å². The van der Waals surface area contributed by atoms with Gasteiger partial charge in [-0.05, 0) is 30.5 Å². The molecule has 0 heterocycles. The van der Waals surface area contributed by atoms with E-state index in [0.29, 0.717) is 6.54 Å². The van der Waals surface area contributed by atoms with Gasteiger partial charge in [-0.15, -0.1) is 0 Å². The van der Waals surface area contributed by atoms with Crippen molar-refractivity contribution >= 4 is 56.4 Å². The number of anilines is 1. The third-order valence-electron chi connectivity index (χ3n) is 3.75. The van der Waals surface area contributed by atoms with Crippen molar-refractivity contribution in [1.82, 2.24) is 5.32 Å². The Hall–Kier alpha value is -1.47. The fourth-order valence-electron chi connectivity index (χ4n) is 2.44. The second-order valence-electron chi connectivity index (χ2n) is 5.93. The van der Waals surface area contributed by atoms with E-state index in [4.69, 9.17) is 34.8 Å². The Morgan fingerprint density at radius 2 is 1.67 bits per heavy atom. The van der Waals surface area contributed by atoms with Gasteiger partial charge in [0.2, 0.25) is 15.9 Å². The zero-order valence-corrected chi connectivity index (χ0v) is 17.7. The monoisotopic (exact) mass is 448 g/mol. The molecule has 9 heteroatoms. The summed E-state index contributed by atoms with van der Waals surface area (Å²) in [7, 11) is -3.75. The van der Waals surface area contributed by atoms with Crippen LogP contribution in [0.1, 0.15) is 12.0 Å². The van der Waals surface area contributed by atoms with Crippen LogP contribution in [0.2, 0.25) is 15.1 Å². The highest BCUT2D eigenvalue weighted by atomic mass is 35.5. The number of hydrogen-bond acceptors (Lipinski definition) is 3. The van der Waals surface area contributed by atoms with Gasteiger partial charge in [-0.25, -0.2) is 8.42 Å². The second kappa shape index (κ2) is 9.64. The molecule has 27 heavy (non-hydrogen) atoms. The van der Waals surface area contributed by atoms with E-state index in [9.17, 15) is 13.2 Å². The first-order valence-corrected chi connectivity index (χ1v) is 11.1. The van der Waals surface area contributed by atoms with E-state index >= 15 is 0 Å². The summed E-state index contributed by atoms with van der Waals surface area (Å²) in [6.07, 6.45) is 2.55. The summed E-state index contributed by atoms with van der Waals surface area (Å²) >= 11 is 17.9. The predicted molar refractivity (Wildman–Crippen MR) is 111 cm³/mol. The van der Waals surface area contributed by atoms with Crippen LogP contribution >= 0.6 is 34.8 Å². The normalized spacial score (nSPS) is 11.3. The molecule has 5 nitrogen and oxygen atoms in total. The van der Waals surface area contributed by atoms with Crippen LogP contribution in [0.25, 0.3) is 0 Å². The molecule has 0 aliphatic carbocycles. The number of nitrogens with zero attached hydrogens (tertiary/aromatic N) is 1. The van der Waals surface area contributed by atoms with Crippen molar-refractivity contribution in [3.8, 4) is 0 Å². The number of sulfonamides is 1. The molecular formula is C18H19Cl3N2O3S. The van der Waals surface area contributed by atoms with Gasteiger partial charge in [-0.3, -0.25) is 9.10 Å². The molecule has 0 saturated heterocycles. The van der Waals surface area contributed by atoms with Gasteiger partial charge in [0, 0.05) is 6.54 Å². The Balaban J connectivity index is 2.00. The molecule has 2 rings (SSSR count). The van der Waals surface area contributed by atoms with Gasteiger partial charge in [0.1, 0.15) is 6.54 Å². The Bertz CT molecular complexity index is 906. The molecule has 1 N–H and O–H groups in total. The van der Waals surface area contributed by atoms with Crippen molar-refractivity contribution < 1.29 is 13.2 Å². The molecule has 0 fully saturated rings. The van der Waals surface area contributed by atoms with Gasteiger partial charge < -0.3 is 5.32 Å². The summed E-state index contributed by atoms with van der Waals surface area (Å²) < 4.78 is 25.2. The van der Waals surface area contributed by atoms with Crippen molar-refractivity contribution in [3.63, 3.8) is 0 Å². The first kappa shape index (κ1) is 21.8. The van der Waals surface area contributed by atoms with Crippen LogP contribution in [0.5, 0.6) is 0 Å². The fourth-order valence-corrected chi connectivity index (χ4v) is 3.99. The van der Waals surface area contributed by atoms with Crippen molar-refractivity contribution in [1.29, 1.82) is 0 Å². The molecule has 0 unspecified atom stereocenters. The lowest BCUT2D eigenvalue weighted by molar-refractivity contribution is -0.119. The lowest BCUT2D eigenvalue weighted by Gasteiger charge is -2.23. The van der Waals surface area contributed by atoms with Crippen molar-refractivity contribution in [3.05, 3.63) is 63.1 Å². The van der Waals surface area contributed by atoms with Gasteiger partial charge in [0.25, 0.3) is 0 Å². The Morgan fingerprint density at radius 3 is 2.30 bits per heavy atom. The molecule has 2 aromatic rings. The standard InChI is InChI=1S/C18H19Cl3N2O3S/c1-27(25,26)23(17-11-15(20)14(19)10-16(17)21)12-18(24)22-9-5-8-13-6-3-2-4-7-13/h2-4,6-7,10-11H,5,8-9,12H2,1H3,(H,22,24). The van der Waals surface area contributed by atoms with E-state index in [-0.39, 0.29) is 20.8 Å². The van der Waals surface area contributed by atoms with E-state index < -0.39 is 22.5 Å². The highest BCUT2D eigenvalue weighted by Gasteiger charge is 2.24. The summed E-state index contributed by atoms with van der Waals surface area (Å²) in [5.41, 5.74) is 1.28. The average molecular weight is 450 g/mol. The van der Waals surface area contributed by atoms with E-state index in [1.54, 1.807) is 0 Å². The summed E-state index contributed by atoms with van der Waals surface area (Å²) in [5.74, 6) is -0.435. The van der Waals surface area contributed by atoms with E-state index in [0.717, 1.165) is 23.4 Å². The average Bonchev–Trinajstić information content (AvgIpc) is 2.60. The molecule has 0 aliphatic rings. The van der Waals surface area contributed by atoms with Crippen LogP contribution in [0.4, 0.5) is 5.69 Å². The van der Waals surface area contributed by atoms with Gasteiger partial charge in [0.15, 0.2) is 0 Å². The largest absolute Gasteiger partial charge is 0.355 e. The molecule has 0 spiro atoms. The number of carbonyl (C=O) groups is 1. The zero-order valence-electron chi connectivity index (χ0n) is 14.6. The van der Waals surface area contributed by atoms with E-state index in [1.807, 2.05) is 30.3 Å². The van der Waals surface area contributed by atoms with Crippen molar-refractivity contribution in [2.24, 2.45) is 0 Å². The molecule has 2 aromatic carbocycles. The number of nitrogens with one attached hydrogen (secondary N) is 1. The first-order valence-electron chi connectivity index (χ1n) is 8.11. The SMILES string of the molecule is CS(=O)(=O)N(CC(=O)NCCCc1ccccc1)c1cc(Cl)c(Cl)cc1Cl. The van der Waals surface area contributed by atoms with Crippen molar-refractivity contribution in [2.75, 3.05) is 23.7 Å². The molecular weight excluding hydrogens is 431 g/mol. The predicted octanol–water partition coefficient (Wildman–Crippen LogP) is 4.16. The summed E-state index contributed by atoms with van der Waals surface area (Å²) in [4.78, 5) is 12.2. The quantitative estimate of drug-likeness (QED) is 0.486. The molecule has 0 radical (unpaired) electrons. The highest BCUT2D eigenvalue weighted by molar-refractivity contribution is 7.92. The van der Waals surface area contributed by atoms with Crippen LogP contribution in [0.15, 0.2) is 42.5 Å². The maximum atomic E-state index is 12.2. The molecule has 0 aliphatic heterocycles. The number of halogens is 3. The van der Waals surface area contributed by atoms with Crippen molar-refractivity contribution in [2.45, 2.75) is 12.8 Å². The van der Waals surface area contributed by atoms with Crippen LogP contribution < -0.4 is 9.62 Å². The van der Waals surface area contributed by atoms with Gasteiger partial charge in [-0.2, -0.15) is 0 Å². The van der Waals surface area contributed by atoms with Crippen LogP contribution in [0.3, 0.4) is 0 Å². The minimum absolute atomic E-state index is 0.0895. The fraction of sp³-hybridized carbons (Fsp3) is 0.278. The zero-order chi connectivity index (χ0) is 20.0. The van der Waals surface area contributed by atoms with E-state index in [2.05, 4.69) is 5.32 Å². The van der Waals surface area contributed by atoms with Gasteiger partial charge in [0.05, 0.1) is 27.0 Å². The van der Waals surface area contributed by atoms with Crippen LogP contribution in [-0.4, -0.2) is 33.7 Å². The minimum Gasteiger partial charge on any atom is -0.355 e. The Kier molecular flexibility index (Phi) is 7.79. The number of benzene rings is 2. The first-order chi connectivity index (χ1) is 12.7. The third kappa shape index (κ3) is 6.57. The van der Waals surface area contributed by atoms with Crippen LogP contribution in [-0.2, 0) is 21.2 Å². The maximum absolute atomic E-state index is 12.2. The molecule has 0 atom stereocenters. The summed E-state index contributed by atoms with van der Waals surface area (Å²) in [5, 5.41) is 3.16. The number of hydrogen-bond donors (Lipinski definition) is 1. The number of amides is 1. The number of aryl methyl sites for hydroxylation is 1. The lowest BCUT2D eigenvalue weighted by Crippen LogP contribution is -2.40. The van der Waals surface area contributed by atoms with Gasteiger partial charge >= 0.3 is 0 Å². The third-order valence-corrected chi connectivity index (χ3v) is 5.90. The molecule has 0 saturated carbocycles. The Labute approximate surface area is 174 Å². The maximum Gasteiger partial charge on any atom is 0.240 e. The summed E-state index contributed by atoms with van der Waals surface area (Å²) in [6, 6.07) is 12.6. The molecule has 146 valence electrons. The Morgan fingerprint density at radius 1 is 1.04 bits per heavy atom. The lowest BCUT2D eigenvalue weighted by atomic mass is 10.1. The topological polar surface area (TPSA) is 66.5 Å². The smallest absolute Gasteiger partial charge is 0.240 e. The molecule has 0 aromatic heterocycles. The minimum atomic E-state index is -3.75. The molecule has 0 bridgehead atoms. The molecule has 1 amide bonds. The number of rotatable bonds is 8. The summed E-state index contributed by atoms with van der Waals surface area (Å²) in [6.45, 7) is 0.0300. The van der Waals surface area contributed by atoms with E-state index in [1.165, 1.54) is 17.7 Å². The van der Waals surface area contributed by atoms with Crippen LogP contribution in [0, 0.1) is 0 Å².